The standard InChI is InChI=1S/C11H9NO2.Cu/c13-11(14)7-9-6-5-8-3-1-2-4-10(8)12-9;/h1-6H,7H2,(H,13,14);. The first-order chi connectivity index (χ1) is 6.75. The number of benzene rings is 1. The summed E-state index contributed by atoms with van der Waals surface area (Å²) in [5.74, 6) is -0.854. The molecule has 0 spiro atoms. The Balaban J connectivity index is 0.00000112. The molecule has 0 fully saturated rings. The molecule has 0 atom stereocenters. The number of rotatable bonds is 2. The van der Waals surface area contributed by atoms with E-state index in [0.717, 1.165) is 10.9 Å². The van der Waals surface area contributed by atoms with E-state index in [-0.39, 0.29) is 23.5 Å². The van der Waals surface area contributed by atoms with Gasteiger partial charge in [0.15, 0.2) is 0 Å². The van der Waals surface area contributed by atoms with Crippen LogP contribution in [0.2, 0.25) is 0 Å². The van der Waals surface area contributed by atoms with Gasteiger partial charge in [-0.2, -0.15) is 0 Å². The Morgan fingerprint density at radius 2 is 1.93 bits per heavy atom. The van der Waals surface area contributed by atoms with E-state index < -0.39 is 5.97 Å². The quantitative estimate of drug-likeness (QED) is 0.828. The van der Waals surface area contributed by atoms with Crippen LogP contribution in [0.5, 0.6) is 0 Å². The third kappa shape index (κ3) is 2.78. The van der Waals surface area contributed by atoms with Gasteiger partial charge in [0.1, 0.15) is 0 Å². The predicted molar refractivity (Wildman–Crippen MR) is 53.1 cm³/mol. The SMILES string of the molecule is O=C(O)Cc1ccc2ccccc2n1.[Cu]. The van der Waals surface area contributed by atoms with Crippen LogP contribution in [0.25, 0.3) is 10.9 Å². The van der Waals surface area contributed by atoms with Crippen molar-refractivity contribution in [3.05, 3.63) is 42.1 Å². The van der Waals surface area contributed by atoms with Crippen molar-refractivity contribution in [2.45, 2.75) is 6.42 Å². The monoisotopic (exact) mass is 250 g/mol. The number of hydrogen-bond acceptors (Lipinski definition) is 2. The molecule has 15 heavy (non-hydrogen) atoms. The number of carbonyl (C=O) groups is 1. The van der Waals surface area contributed by atoms with Gasteiger partial charge in [-0.1, -0.05) is 24.3 Å². The molecule has 1 heterocycles. The fourth-order valence-electron chi connectivity index (χ4n) is 1.36. The van der Waals surface area contributed by atoms with Gasteiger partial charge in [0.25, 0.3) is 0 Å². The number of para-hydroxylation sites is 1. The molecule has 81 valence electrons. The van der Waals surface area contributed by atoms with Crippen molar-refractivity contribution < 1.29 is 27.0 Å². The van der Waals surface area contributed by atoms with E-state index in [9.17, 15) is 4.79 Å². The van der Waals surface area contributed by atoms with Crippen molar-refractivity contribution in [2.75, 3.05) is 0 Å². The zero-order valence-corrected chi connectivity index (χ0v) is 8.72. The fourth-order valence-corrected chi connectivity index (χ4v) is 1.36. The molecule has 1 aromatic heterocycles. The van der Waals surface area contributed by atoms with Crippen LogP contribution in [0.1, 0.15) is 5.69 Å². The van der Waals surface area contributed by atoms with Gasteiger partial charge < -0.3 is 5.11 Å². The van der Waals surface area contributed by atoms with Gasteiger partial charge in [-0.05, 0) is 12.1 Å². The molecule has 0 saturated heterocycles. The largest absolute Gasteiger partial charge is 0.481 e. The van der Waals surface area contributed by atoms with Crippen molar-refractivity contribution in [3.63, 3.8) is 0 Å². The molecule has 0 bridgehead atoms. The molecule has 0 amide bonds. The Bertz CT molecular complexity index is 485. The number of aliphatic carboxylic acids is 1. The van der Waals surface area contributed by atoms with E-state index in [4.69, 9.17) is 5.11 Å². The minimum atomic E-state index is -0.854. The Kier molecular flexibility index (Phi) is 3.83. The van der Waals surface area contributed by atoms with Crippen LogP contribution in [-0.2, 0) is 28.3 Å². The summed E-state index contributed by atoms with van der Waals surface area (Å²) < 4.78 is 0. The van der Waals surface area contributed by atoms with E-state index in [2.05, 4.69) is 4.98 Å². The molecular formula is C11H9CuNO2. The maximum absolute atomic E-state index is 10.5. The molecule has 3 nitrogen and oxygen atoms in total. The van der Waals surface area contributed by atoms with E-state index in [1.165, 1.54) is 0 Å². The van der Waals surface area contributed by atoms with E-state index in [0.29, 0.717) is 5.69 Å². The summed E-state index contributed by atoms with van der Waals surface area (Å²) in [5.41, 5.74) is 1.43. The third-order valence-corrected chi connectivity index (χ3v) is 1.99. The zero-order valence-electron chi connectivity index (χ0n) is 7.78. The van der Waals surface area contributed by atoms with Crippen LogP contribution in [0.4, 0.5) is 0 Å². The van der Waals surface area contributed by atoms with Crippen LogP contribution < -0.4 is 0 Å². The molecular weight excluding hydrogens is 242 g/mol. The minimum absolute atomic E-state index is 0. The smallest absolute Gasteiger partial charge is 0.309 e. The van der Waals surface area contributed by atoms with Crippen molar-refractivity contribution in [1.82, 2.24) is 4.98 Å². The Morgan fingerprint density at radius 3 is 2.67 bits per heavy atom. The molecule has 0 aliphatic rings. The Hall–Kier alpha value is -1.38. The second-order valence-corrected chi connectivity index (χ2v) is 3.07. The molecule has 1 aromatic carbocycles. The fraction of sp³-hybridized carbons (Fsp3) is 0.0909. The number of carboxylic acid groups (broad SMARTS) is 1. The van der Waals surface area contributed by atoms with Crippen molar-refractivity contribution in [3.8, 4) is 0 Å². The molecule has 1 radical (unpaired) electrons. The normalized spacial score (nSPS) is 9.60. The van der Waals surface area contributed by atoms with Gasteiger partial charge in [-0.3, -0.25) is 9.78 Å². The van der Waals surface area contributed by atoms with Crippen LogP contribution >= 0.6 is 0 Å². The van der Waals surface area contributed by atoms with Gasteiger partial charge in [-0.15, -0.1) is 0 Å². The van der Waals surface area contributed by atoms with Crippen molar-refractivity contribution in [1.29, 1.82) is 0 Å². The minimum Gasteiger partial charge on any atom is -0.481 e. The average molecular weight is 251 g/mol. The van der Waals surface area contributed by atoms with Crippen molar-refractivity contribution in [2.24, 2.45) is 0 Å². The third-order valence-electron chi connectivity index (χ3n) is 1.99. The number of hydrogen-bond donors (Lipinski definition) is 1. The second-order valence-electron chi connectivity index (χ2n) is 3.07. The summed E-state index contributed by atoms with van der Waals surface area (Å²) in [6.45, 7) is 0. The van der Waals surface area contributed by atoms with Crippen LogP contribution in [0.3, 0.4) is 0 Å². The van der Waals surface area contributed by atoms with E-state index in [1.54, 1.807) is 6.07 Å². The van der Waals surface area contributed by atoms with Gasteiger partial charge in [0, 0.05) is 22.5 Å². The van der Waals surface area contributed by atoms with Crippen LogP contribution in [0.15, 0.2) is 36.4 Å². The summed E-state index contributed by atoms with van der Waals surface area (Å²) in [6.07, 6.45) is -0.0230. The Labute approximate surface area is 97.6 Å². The second kappa shape index (κ2) is 4.91. The van der Waals surface area contributed by atoms with E-state index in [1.807, 2.05) is 30.3 Å². The number of aromatic nitrogens is 1. The first-order valence-electron chi connectivity index (χ1n) is 4.32. The summed E-state index contributed by atoms with van der Waals surface area (Å²) in [5, 5.41) is 9.63. The Morgan fingerprint density at radius 1 is 1.20 bits per heavy atom. The van der Waals surface area contributed by atoms with Gasteiger partial charge in [0.05, 0.1) is 17.6 Å². The van der Waals surface area contributed by atoms with Gasteiger partial charge >= 0.3 is 5.97 Å². The van der Waals surface area contributed by atoms with Gasteiger partial charge in [0.2, 0.25) is 0 Å². The zero-order chi connectivity index (χ0) is 9.97. The molecule has 1 N–H and O–H groups in total. The summed E-state index contributed by atoms with van der Waals surface area (Å²) >= 11 is 0. The van der Waals surface area contributed by atoms with Crippen LogP contribution in [0, 0.1) is 0 Å². The molecule has 2 rings (SSSR count). The molecule has 0 unspecified atom stereocenters. The topological polar surface area (TPSA) is 50.2 Å². The maximum atomic E-state index is 10.5. The molecule has 2 aromatic rings. The molecule has 4 heteroatoms. The van der Waals surface area contributed by atoms with Crippen molar-refractivity contribution >= 4 is 16.9 Å². The maximum Gasteiger partial charge on any atom is 0.309 e. The van der Waals surface area contributed by atoms with E-state index >= 15 is 0 Å². The summed E-state index contributed by atoms with van der Waals surface area (Å²) in [4.78, 5) is 14.7. The summed E-state index contributed by atoms with van der Waals surface area (Å²) in [6, 6.07) is 11.3. The first kappa shape index (κ1) is 11.7. The first-order valence-corrected chi connectivity index (χ1v) is 4.32. The number of carboxylic acids is 1. The van der Waals surface area contributed by atoms with Crippen LogP contribution in [-0.4, -0.2) is 16.1 Å². The van der Waals surface area contributed by atoms with Gasteiger partial charge in [-0.25, -0.2) is 0 Å². The molecule has 0 saturated carbocycles. The molecule has 0 aliphatic heterocycles. The number of pyridine rings is 1. The predicted octanol–water partition coefficient (Wildman–Crippen LogP) is 1.86. The summed E-state index contributed by atoms with van der Waals surface area (Å²) in [7, 11) is 0. The number of nitrogens with zero attached hydrogens (tertiary/aromatic N) is 1. The average Bonchev–Trinajstić information content (AvgIpc) is 2.17. The number of fused-ring (bicyclic) bond motifs is 1. The molecule has 0 aliphatic carbocycles.